The van der Waals surface area contributed by atoms with Crippen LogP contribution in [0, 0.1) is 0 Å². The molecule has 2 aromatic carbocycles. The Morgan fingerprint density at radius 3 is 2.36 bits per heavy atom. The molecule has 4 rings (SSSR count). The minimum atomic E-state index is -1.34. The van der Waals surface area contributed by atoms with Gasteiger partial charge in [0.1, 0.15) is 6.61 Å². The number of alkyl carbamates (subject to hydrolysis) is 1. The Bertz CT molecular complexity index is 992. The zero-order chi connectivity index (χ0) is 23.3. The van der Waals surface area contributed by atoms with Crippen LogP contribution in [0.5, 0.6) is 0 Å². The van der Waals surface area contributed by atoms with E-state index in [0.717, 1.165) is 11.1 Å². The minimum Gasteiger partial charge on any atom is -0.479 e. The molecule has 0 radical (unpaired) electrons. The number of amides is 2. The summed E-state index contributed by atoms with van der Waals surface area (Å²) < 4.78 is 10.6. The van der Waals surface area contributed by atoms with Gasteiger partial charge >= 0.3 is 12.1 Å². The van der Waals surface area contributed by atoms with Crippen molar-refractivity contribution in [3.63, 3.8) is 0 Å². The summed E-state index contributed by atoms with van der Waals surface area (Å²) in [7, 11) is 0. The Hall–Kier alpha value is -3.04. The molecule has 3 N–H and O–H groups in total. The molecular weight excluding hydrogens is 444 g/mol. The largest absolute Gasteiger partial charge is 0.479 e. The number of benzene rings is 2. The first-order valence-electron chi connectivity index (χ1n) is 10.8. The average Bonchev–Trinajstić information content (AvgIpc) is 3.41. The van der Waals surface area contributed by atoms with Gasteiger partial charge in [-0.3, -0.25) is 4.79 Å². The summed E-state index contributed by atoms with van der Waals surface area (Å²) in [5.74, 6) is -0.859. The van der Waals surface area contributed by atoms with Crippen molar-refractivity contribution in [3.05, 3.63) is 59.7 Å². The van der Waals surface area contributed by atoms with Crippen LogP contribution in [-0.2, 0) is 19.1 Å². The van der Waals surface area contributed by atoms with Crippen molar-refractivity contribution in [1.82, 2.24) is 10.6 Å². The highest BCUT2D eigenvalue weighted by molar-refractivity contribution is 7.99. The van der Waals surface area contributed by atoms with Crippen LogP contribution in [0.4, 0.5) is 4.79 Å². The second-order valence-corrected chi connectivity index (χ2v) is 9.15. The molecule has 0 aromatic heterocycles. The van der Waals surface area contributed by atoms with E-state index in [9.17, 15) is 19.5 Å². The van der Waals surface area contributed by atoms with Crippen LogP contribution in [0.15, 0.2) is 48.5 Å². The maximum atomic E-state index is 12.2. The molecule has 1 fully saturated rings. The molecule has 2 aromatic rings. The molecular formula is C24H26N2O6S. The van der Waals surface area contributed by atoms with E-state index in [0.29, 0.717) is 18.9 Å². The number of aliphatic carboxylic acids is 1. The van der Waals surface area contributed by atoms with E-state index in [1.54, 1.807) is 0 Å². The maximum absolute atomic E-state index is 12.2. The quantitative estimate of drug-likeness (QED) is 0.483. The topological polar surface area (TPSA) is 114 Å². The van der Waals surface area contributed by atoms with Crippen molar-refractivity contribution in [2.75, 3.05) is 37.9 Å². The predicted octanol–water partition coefficient (Wildman–Crippen LogP) is 2.62. The Balaban J connectivity index is 1.17. The molecule has 0 saturated carbocycles. The van der Waals surface area contributed by atoms with Crippen LogP contribution >= 0.6 is 11.8 Å². The standard InChI is InChI=1S/C24H26N2O6S/c27-21(26-24(22(28)29)9-11-31-15-24)14-33-12-10-25-23(30)32-13-20-18-7-3-1-5-16(18)17-6-2-4-8-19(17)20/h1-8,20H,9-15H2,(H,25,30)(H,26,27)(H,28,29). The van der Waals surface area contributed by atoms with Gasteiger partial charge in [0.2, 0.25) is 5.91 Å². The summed E-state index contributed by atoms with van der Waals surface area (Å²) in [6.07, 6.45) is -0.253. The summed E-state index contributed by atoms with van der Waals surface area (Å²) in [6, 6.07) is 16.3. The van der Waals surface area contributed by atoms with Gasteiger partial charge < -0.3 is 25.2 Å². The lowest BCUT2D eigenvalue weighted by atomic mass is 9.98. The number of rotatable bonds is 9. The highest BCUT2D eigenvalue weighted by atomic mass is 32.2. The monoisotopic (exact) mass is 470 g/mol. The highest BCUT2D eigenvalue weighted by Gasteiger charge is 2.43. The first-order valence-corrected chi connectivity index (χ1v) is 11.9. The first kappa shape index (κ1) is 23.1. The molecule has 33 heavy (non-hydrogen) atoms. The number of hydrogen-bond donors (Lipinski definition) is 3. The number of ether oxygens (including phenoxy) is 2. The number of carboxylic acids is 1. The second-order valence-electron chi connectivity index (χ2n) is 8.04. The van der Waals surface area contributed by atoms with Crippen molar-refractivity contribution in [2.24, 2.45) is 0 Å². The summed E-state index contributed by atoms with van der Waals surface area (Å²) in [6.45, 7) is 0.864. The predicted molar refractivity (Wildman–Crippen MR) is 124 cm³/mol. The zero-order valence-electron chi connectivity index (χ0n) is 18.0. The van der Waals surface area contributed by atoms with E-state index >= 15 is 0 Å². The van der Waals surface area contributed by atoms with Crippen molar-refractivity contribution in [2.45, 2.75) is 17.9 Å². The molecule has 1 unspecified atom stereocenters. The smallest absolute Gasteiger partial charge is 0.407 e. The number of carbonyl (C=O) groups is 3. The SMILES string of the molecule is O=C(CSCCNC(=O)OCC1c2ccccc2-c2ccccc21)NC1(C(=O)O)CCOC1. The summed E-state index contributed by atoms with van der Waals surface area (Å²) in [5, 5.41) is 14.6. The lowest BCUT2D eigenvalue weighted by Gasteiger charge is -2.23. The average molecular weight is 471 g/mol. The third-order valence-corrected chi connectivity index (χ3v) is 6.86. The number of nitrogens with one attached hydrogen (secondary N) is 2. The molecule has 8 nitrogen and oxygen atoms in total. The van der Waals surface area contributed by atoms with Crippen LogP contribution in [0.3, 0.4) is 0 Å². The minimum absolute atomic E-state index is 0.00217. The fourth-order valence-corrected chi connectivity index (χ4v) is 4.88. The van der Waals surface area contributed by atoms with Crippen LogP contribution in [0.25, 0.3) is 11.1 Å². The van der Waals surface area contributed by atoms with Crippen LogP contribution in [0.2, 0.25) is 0 Å². The zero-order valence-corrected chi connectivity index (χ0v) is 18.9. The Labute approximate surface area is 196 Å². The lowest BCUT2D eigenvalue weighted by molar-refractivity contribution is -0.147. The Morgan fingerprint density at radius 2 is 1.76 bits per heavy atom. The molecule has 1 aliphatic heterocycles. The number of carbonyl (C=O) groups excluding carboxylic acids is 2. The molecule has 1 aliphatic carbocycles. The van der Waals surface area contributed by atoms with Crippen LogP contribution in [0.1, 0.15) is 23.5 Å². The van der Waals surface area contributed by atoms with Gasteiger partial charge in [0.05, 0.1) is 12.4 Å². The van der Waals surface area contributed by atoms with E-state index in [2.05, 4.69) is 34.9 Å². The van der Waals surface area contributed by atoms with E-state index in [4.69, 9.17) is 9.47 Å². The van der Waals surface area contributed by atoms with Crippen molar-refractivity contribution in [3.8, 4) is 11.1 Å². The summed E-state index contributed by atoms with van der Waals surface area (Å²) in [5.41, 5.74) is 3.31. The number of carboxylic acid groups (broad SMARTS) is 1. The fourth-order valence-electron chi connectivity index (χ4n) is 4.23. The third-order valence-electron chi connectivity index (χ3n) is 5.90. The van der Waals surface area contributed by atoms with Gasteiger partial charge in [0.15, 0.2) is 5.54 Å². The van der Waals surface area contributed by atoms with Crippen LogP contribution in [-0.4, -0.2) is 66.5 Å². The normalized spacial score (nSPS) is 18.9. The van der Waals surface area contributed by atoms with Gasteiger partial charge in [-0.05, 0) is 22.3 Å². The highest BCUT2D eigenvalue weighted by Crippen LogP contribution is 2.44. The molecule has 1 saturated heterocycles. The number of fused-ring (bicyclic) bond motifs is 3. The molecule has 0 spiro atoms. The molecule has 2 aliphatic rings. The van der Waals surface area contributed by atoms with E-state index in [1.807, 2.05) is 24.3 Å². The Kier molecular flexibility index (Phi) is 7.20. The maximum Gasteiger partial charge on any atom is 0.407 e. The molecule has 1 atom stereocenters. The van der Waals surface area contributed by atoms with Gasteiger partial charge in [-0.1, -0.05) is 48.5 Å². The van der Waals surface area contributed by atoms with Crippen molar-refractivity contribution < 1.29 is 29.0 Å². The van der Waals surface area contributed by atoms with Gasteiger partial charge in [-0.2, -0.15) is 11.8 Å². The van der Waals surface area contributed by atoms with Gasteiger partial charge in [0, 0.05) is 31.2 Å². The number of thioether (sulfide) groups is 1. The Morgan fingerprint density at radius 1 is 1.09 bits per heavy atom. The van der Waals surface area contributed by atoms with E-state index < -0.39 is 17.6 Å². The van der Waals surface area contributed by atoms with Crippen molar-refractivity contribution >= 4 is 29.7 Å². The summed E-state index contributed by atoms with van der Waals surface area (Å²) in [4.78, 5) is 35.7. The first-order chi connectivity index (χ1) is 16.0. The van der Waals surface area contributed by atoms with Crippen LogP contribution < -0.4 is 10.6 Å². The van der Waals surface area contributed by atoms with Gasteiger partial charge in [-0.15, -0.1) is 0 Å². The fraction of sp³-hybridized carbons (Fsp3) is 0.375. The molecule has 2 amide bonds. The lowest BCUT2D eigenvalue weighted by Crippen LogP contribution is -2.55. The number of hydrogen-bond acceptors (Lipinski definition) is 6. The van der Waals surface area contributed by atoms with E-state index in [1.165, 1.54) is 22.9 Å². The third kappa shape index (κ3) is 5.15. The molecule has 174 valence electrons. The molecule has 1 heterocycles. The molecule has 9 heteroatoms. The molecule has 0 bridgehead atoms. The van der Waals surface area contributed by atoms with Gasteiger partial charge in [-0.25, -0.2) is 9.59 Å². The summed E-state index contributed by atoms with van der Waals surface area (Å²) >= 11 is 1.31. The van der Waals surface area contributed by atoms with E-state index in [-0.39, 0.29) is 37.2 Å². The second kappa shape index (κ2) is 10.3. The van der Waals surface area contributed by atoms with Crippen molar-refractivity contribution in [1.29, 1.82) is 0 Å². The van der Waals surface area contributed by atoms with Gasteiger partial charge in [0.25, 0.3) is 0 Å².